The number of para-hydroxylation sites is 1. The lowest BCUT2D eigenvalue weighted by Crippen LogP contribution is -2.11. The fraction of sp³-hybridized carbons (Fsp3) is 0.167. The Kier molecular flexibility index (Phi) is 4.46. The molecule has 0 aliphatic carbocycles. The number of thioether (sulfide) groups is 1. The number of hydrogen-bond acceptors (Lipinski definition) is 5. The molecule has 0 spiro atoms. The number of halogens is 1. The van der Waals surface area contributed by atoms with Crippen LogP contribution in [0.2, 0.25) is 5.02 Å². The molecular weight excluding hydrogens is 358 g/mol. The number of carbonyl (C=O) groups is 1. The van der Waals surface area contributed by atoms with Crippen LogP contribution in [0.3, 0.4) is 0 Å². The number of aromatic nitrogens is 3. The number of cyclic esters (lactones) is 1. The van der Waals surface area contributed by atoms with Crippen molar-refractivity contribution in [2.75, 3.05) is 6.61 Å². The van der Waals surface area contributed by atoms with Gasteiger partial charge in [0.25, 0.3) is 0 Å². The Hall–Kier alpha value is -2.31. The standard InChI is InChI=1S/C18H14ClN3O2S/c19-13-8-6-12(7-9-13)16-20-21-18(25-15-10-11-24-17(15)23)22(16)14-4-2-1-3-5-14/h1-9,15H,10-11H2/t15-/m1/s1. The highest BCUT2D eigenvalue weighted by Gasteiger charge is 2.30. The van der Waals surface area contributed by atoms with E-state index < -0.39 is 0 Å². The molecule has 25 heavy (non-hydrogen) atoms. The molecule has 3 aromatic rings. The third-order valence-corrected chi connectivity index (χ3v) is 5.32. The van der Waals surface area contributed by atoms with Crippen LogP contribution in [0.25, 0.3) is 17.1 Å². The average molecular weight is 372 g/mol. The van der Waals surface area contributed by atoms with Crippen LogP contribution in [0.15, 0.2) is 59.8 Å². The highest BCUT2D eigenvalue weighted by atomic mass is 35.5. The molecule has 2 aromatic carbocycles. The number of nitrogens with zero attached hydrogens (tertiary/aromatic N) is 3. The summed E-state index contributed by atoms with van der Waals surface area (Å²) in [5, 5.41) is 9.77. The topological polar surface area (TPSA) is 57.0 Å². The van der Waals surface area contributed by atoms with Crippen molar-refractivity contribution in [3.63, 3.8) is 0 Å². The number of carbonyl (C=O) groups excluding carboxylic acids is 1. The van der Waals surface area contributed by atoms with Crippen molar-refractivity contribution in [3.8, 4) is 17.1 Å². The predicted molar refractivity (Wildman–Crippen MR) is 97.0 cm³/mol. The summed E-state index contributed by atoms with van der Waals surface area (Å²) in [4.78, 5) is 11.8. The Morgan fingerprint density at radius 2 is 1.84 bits per heavy atom. The number of rotatable bonds is 4. The number of esters is 1. The summed E-state index contributed by atoms with van der Waals surface area (Å²) in [7, 11) is 0. The fourth-order valence-electron chi connectivity index (χ4n) is 2.65. The smallest absolute Gasteiger partial charge is 0.319 e. The van der Waals surface area contributed by atoms with E-state index in [1.54, 1.807) is 0 Å². The molecule has 126 valence electrons. The Morgan fingerprint density at radius 1 is 1.08 bits per heavy atom. The van der Waals surface area contributed by atoms with Crippen LogP contribution in [-0.2, 0) is 9.53 Å². The van der Waals surface area contributed by atoms with Crippen molar-refractivity contribution in [1.29, 1.82) is 0 Å². The van der Waals surface area contributed by atoms with Crippen LogP contribution < -0.4 is 0 Å². The molecule has 0 unspecified atom stereocenters. The van der Waals surface area contributed by atoms with Gasteiger partial charge in [0.15, 0.2) is 11.0 Å². The van der Waals surface area contributed by atoms with E-state index in [-0.39, 0.29) is 11.2 Å². The first-order valence-electron chi connectivity index (χ1n) is 7.82. The molecule has 2 heterocycles. The summed E-state index contributed by atoms with van der Waals surface area (Å²) in [5.74, 6) is 0.511. The van der Waals surface area contributed by atoms with Gasteiger partial charge in [-0.2, -0.15) is 0 Å². The van der Waals surface area contributed by atoms with Crippen molar-refractivity contribution < 1.29 is 9.53 Å². The second kappa shape index (κ2) is 6.90. The molecule has 0 amide bonds. The Bertz CT molecular complexity index is 896. The first kappa shape index (κ1) is 16.2. The SMILES string of the molecule is O=C1OCC[C@H]1Sc1nnc(-c2ccc(Cl)cc2)n1-c1ccccc1. The Morgan fingerprint density at radius 3 is 2.52 bits per heavy atom. The second-order valence-electron chi connectivity index (χ2n) is 5.55. The van der Waals surface area contributed by atoms with Gasteiger partial charge in [-0.1, -0.05) is 41.6 Å². The summed E-state index contributed by atoms with van der Waals surface area (Å²) in [6.07, 6.45) is 0.682. The van der Waals surface area contributed by atoms with Gasteiger partial charge in [-0.15, -0.1) is 10.2 Å². The lowest BCUT2D eigenvalue weighted by Gasteiger charge is -2.11. The zero-order valence-electron chi connectivity index (χ0n) is 13.1. The first-order chi connectivity index (χ1) is 12.2. The number of ether oxygens (including phenoxy) is 1. The van der Waals surface area contributed by atoms with Crippen molar-refractivity contribution >= 4 is 29.3 Å². The van der Waals surface area contributed by atoms with E-state index in [9.17, 15) is 4.79 Å². The van der Waals surface area contributed by atoms with Crippen LogP contribution in [0.5, 0.6) is 0 Å². The second-order valence-corrected chi connectivity index (χ2v) is 7.15. The molecule has 0 radical (unpaired) electrons. The maximum atomic E-state index is 11.8. The number of benzene rings is 2. The summed E-state index contributed by atoms with van der Waals surface area (Å²) in [6.45, 7) is 0.458. The van der Waals surface area contributed by atoms with Gasteiger partial charge in [-0.05, 0) is 36.4 Å². The van der Waals surface area contributed by atoms with Gasteiger partial charge in [0.05, 0.1) is 6.61 Å². The summed E-state index contributed by atoms with van der Waals surface area (Å²) in [5.41, 5.74) is 1.84. The third-order valence-electron chi connectivity index (χ3n) is 3.89. The van der Waals surface area contributed by atoms with Crippen LogP contribution in [0.4, 0.5) is 0 Å². The van der Waals surface area contributed by atoms with Gasteiger partial charge >= 0.3 is 5.97 Å². The molecule has 0 bridgehead atoms. The Balaban J connectivity index is 1.79. The molecule has 1 aromatic heterocycles. The summed E-state index contributed by atoms with van der Waals surface area (Å²) in [6, 6.07) is 17.3. The van der Waals surface area contributed by atoms with Crippen LogP contribution in [0, 0.1) is 0 Å². The minimum atomic E-state index is -0.246. The minimum absolute atomic E-state index is 0.194. The van der Waals surface area contributed by atoms with Crippen LogP contribution >= 0.6 is 23.4 Å². The number of hydrogen-bond donors (Lipinski definition) is 0. The average Bonchev–Trinajstić information content (AvgIpc) is 3.23. The van der Waals surface area contributed by atoms with Crippen molar-refractivity contribution in [1.82, 2.24) is 14.8 Å². The molecule has 0 N–H and O–H groups in total. The molecule has 0 saturated carbocycles. The molecule has 1 aliphatic rings. The lowest BCUT2D eigenvalue weighted by molar-refractivity contribution is -0.137. The largest absolute Gasteiger partial charge is 0.465 e. The fourth-order valence-corrected chi connectivity index (χ4v) is 3.80. The molecule has 4 rings (SSSR count). The Labute approximate surface area is 154 Å². The molecule has 1 saturated heterocycles. The zero-order chi connectivity index (χ0) is 17.2. The van der Waals surface area contributed by atoms with Crippen LogP contribution in [0.1, 0.15) is 6.42 Å². The molecule has 1 fully saturated rings. The maximum Gasteiger partial charge on any atom is 0.319 e. The maximum absolute atomic E-state index is 11.8. The van der Waals surface area contributed by atoms with E-state index in [1.165, 1.54) is 11.8 Å². The normalized spacial score (nSPS) is 16.8. The van der Waals surface area contributed by atoms with Gasteiger partial charge in [-0.25, -0.2) is 0 Å². The van der Waals surface area contributed by atoms with E-state index in [1.807, 2.05) is 59.2 Å². The van der Waals surface area contributed by atoms with Gasteiger partial charge in [0.2, 0.25) is 0 Å². The minimum Gasteiger partial charge on any atom is -0.465 e. The van der Waals surface area contributed by atoms with Gasteiger partial charge in [0.1, 0.15) is 5.25 Å². The zero-order valence-corrected chi connectivity index (χ0v) is 14.7. The van der Waals surface area contributed by atoms with Gasteiger partial charge in [-0.3, -0.25) is 9.36 Å². The monoisotopic (exact) mass is 371 g/mol. The van der Waals surface area contributed by atoms with E-state index in [0.717, 1.165) is 11.3 Å². The highest BCUT2D eigenvalue weighted by molar-refractivity contribution is 8.00. The van der Waals surface area contributed by atoms with Gasteiger partial charge < -0.3 is 4.74 Å². The third kappa shape index (κ3) is 3.27. The first-order valence-corrected chi connectivity index (χ1v) is 9.08. The van der Waals surface area contributed by atoms with Crippen LogP contribution in [-0.4, -0.2) is 32.6 Å². The van der Waals surface area contributed by atoms with E-state index in [0.29, 0.717) is 29.0 Å². The van der Waals surface area contributed by atoms with E-state index in [2.05, 4.69) is 10.2 Å². The summed E-state index contributed by atoms with van der Waals surface area (Å²) >= 11 is 7.38. The molecular formula is C18H14ClN3O2S. The lowest BCUT2D eigenvalue weighted by atomic mass is 10.2. The van der Waals surface area contributed by atoms with Crippen molar-refractivity contribution in [2.24, 2.45) is 0 Å². The molecule has 5 nitrogen and oxygen atoms in total. The quantitative estimate of drug-likeness (QED) is 0.649. The molecule has 1 aliphatic heterocycles. The molecule has 7 heteroatoms. The van der Waals surface area contributed by atoms with Crippen molar-refractivity contribution in [3.05, 3.63) is 59.6 Å². The van der Waals surface area contributed by atoms with E-state index in [4.69, 9.17) is 16.3 Å². The summed E-state index contributed by atoms with van der Waals surface area (Å²) < 4.78 is 7.01. The van der Waals surface area contributed by atoms with E-state index >= 15 is 0 Å². The van der Waals surface area contributed by atoms with Crippen molar-refractivity contribution in [2.45, 2.75) is 16.8 Å². The van der Waals surface area contributed by atoms with Gasteiger partial charge in [0, 0.05) is 22.7 Å². The predicted octanol–water partition coefficient (Wildman–Crippen LogP) is 4.00. The highest BCUT2D eigenvalue weighted by Crippen LogP contribution is 2.33. The molecule has 1 atom stereocenters.